The van der Waals surface area contributed by atoms with Crippen LogP contribution in [-0.4, -0.2) is 18.0 Å². The summed E-state index contributed by atoms with van der Waals surface area (Å²) in [4.78, 5) is 11.1. The van der Waals surface area contributed by atoms with Crippen LogP contribution in [0.25, 0.3) is 0 Å². The minimum Gasteiger partial charge on any atom is -0.368 e. The normalized spacial score (nSPS) is 32.9. The molecule has 0 spiro atoms. The van der Waals surface area contributed by atoms with Gasteiger partial charge in [0.05, 0.1) is 0 Å². The Balaban J connectivity index is 2.59. The molecule has 1 atom stereocenters. The fraction of sp³-hybridized carbons (Fsp3) is 0.889. The van der Waals surface area contributed by atoms with Crippen molar-refractivity contribution in [2.24, 2.45) is 0 Å². The average molecular weight is 156 g/mol. The van der Waals surface area contributed by atoms with Crippen molar-refractivity contribution in [2.75, 3.05) is 6.61 Å². The van der Waals surface area contributed by atoms with E-state index in [0.717, 1.165) is 25.9 Å². The predicted octanol–water partition coefficient (Wildman–Crippen LogP) is 1.92. The molecule has 0 aromatic rings. The molecule has 1 saturated heterocycles. The van der Waals surface area contributed by atoms with Crippen LogP contribution in [0.15, 0.2) is 0 Å². The zero-order chi connectivity index (χ0) is 8.32. The predicted molar refractivity (Wildman–Crippen MR) is 43.5 cm³/mol. The van der Waals surface area contributed by atoms with Crippen LogP contribution in [0.4, 0.5) is 0 Å². The molecular formula is C9H16O2. The summed E-state index contributed by atoms with van der Waals surface area (Å²) >= 11 is 0. The van der Waals surface area contributed by atoms with E-state index in [-0.39, 0.29) is 5.78 Å². The Morgan fingerprint density at radius 3 is 2.73 bits per heavy atom. The van der Waals surface area contributed by atoms with Crippen LogP contribution in [0.2, 0.25) is 0 Å². The van der Waals surface area contributed by atoms with E-state index in [9.17, 15) is 4.79 Å². The maximum Gasteiger partial charge on any atom is 0.161 e. The Morgan fingerprint density at radius 1 is 1.36 bits per heavy atom. The van der Waals surface area contributed by atoms with E-state index in [0.29, 0.717) is 0 Å². The molecule has 1 aliphatic rings. The van der Waals surface area contributed by atoms with Crippen LogP contribution in [0.1, 0.15) is 39.5 Å². The summed E-state index contributed by atoms with van der Waals surface area (Å²) in [7, 11) is 0. The monoisotopic (exact) mass is 156 g/mol. The molecule has 64 valence electrons. The number of ether oxygens (including phenoxy) is 1. The quantitative estimate of drug-likeness (QED) is 0.579. The van der Waals surface area contributed by atoms with Crippen molar-refractivity contribution in [1.29, 1.82) is 0 Å². The lowest BCUT2D eigenvalue weighted by molar-refractivity contribution is -0.140. The molecule has 0 N–H and O–H groups in total. The zero-order valence-electron chi connectivity index (χ0n) is 7.35. The highest BCUT2D eigenvalue weighted by Gasteiger charge is 2.31. The Kier molecular flexibility index (Phi) is 2.66. The minimum atomic E-state index is -0.476. The first-order valence-electron chi connectivity index (χ1n) is 4.30. The van der Waals surface area contributed by atoms with Gasteiger partial charge in [-0.15, -0.1) is 0 Å². The van der Waals surface area contributed by atoms with E-state index in [1.165, 1.54) is 6.42 Å². The number of carbonyl (C=O) groups excluding carboxylic acids is 1. The van der Waals surface area contributed by atoms with Gasteiger partial charge in [0.15, 0.2) is 5.78 Å². The number of hydrogen-bond acceptors (Lipinski definition) is 2. The van der Waals surface area contributed by atoms with Gasteiger partial charge in [0.1, 0.15) is 5.60 Å². The van der Waals surface area contributed by atoms with Crippen molar-refractivity contribution < 1.29 is 9.53 Å². The number of ketones is 1. The van der Waals surface area contributed by atoms with Gasteiger partial charge in [0, 0.05) is 6.61 Å². The topological polar surface area (TPSA) is 26.3 Å². The smallest absolute Gasteiger partial charge is 0.161 e. The summed E-state index contributed by atoms with van der Waals surface area (Å²) in [5, 5.41) is 0. The summed E-state index contributed by atoms with van der Waals surface area (Å²) < 4.78 is 5.50. The molecule has 2 nitrogen and oxygen atoms in total. The average Bonchev–Trinajstić information content (AvgIpc) is 2.15. The van der Waals surface area contributed by atoms with Crippen LogP contribution >= 0.6 is 0 Å². The van der Waals surface area contributed by atoms with Crippen LogP contribution < -0.4 is 0 Å². The van der Waals surface area contributed by atoms with Crippen molar-refractivity contribution in [3.63, 3.8) is 0 Å². The third kappa shape index (κ3) is 2.03. The van der Waals surface area contributed by atoms with Crippen LogP contribution in [-0.2, 0) is 9.53 Å². The number of Topliss-reactive ketones (excluding diaryl/α,β-unsaturated/α-hetero) is 1. The first-order valence-corrected chi connectivity index (χ1v) is 4.30. The van der Waals surface area contributed by atoms with Crippen molar-refractivity contribution in [3.8, 4) is 0 Å². The second kappa shape index (κ2) is 3.35. The van der Waals surface area contributed by atoms with Gasteiger partial charge in [-0.2, -0.15) is 0 Å². The summed E-state index contributed by atoms with van der Waals surface area (Å²) in [5.74, 6) is 0.166. The second-order valence-electron chi connectivity index (χ2n) is 3.45. The fourth-order valence-electron chi connectivity index (χ4n) is 1.39. The molecule has 0 saturated carbocycles. The molecule has 0 radical (unpaired) electrons. The number of rotatable bonds is 1. The standard InChI is InChI=1S/C9H16O2/c1-8(10)9(2)6-4-3-5-7-11-9/h3-7H2,1-2H3/t9-/m1/s1. The highest BCUT2D eigenvalue weighted by molar-refractivity contribution is 5.84. The highest BCUT2D eigenvalue weighted by Crippen LogP contribution is 2.24. The molecule has 0 amide bonds. The van der Waals surface area contributed by atoms with Gasteiger partial charge in [-0.3, -0.25) is 4.79 Å². The Labute approximate surface area is 67.9 Å². The molecule has 1 aliphatic heterocycles. The van der Waals surface area contributed by atoms with E-state index in [2.05, 4.69) is 0 Å². The van der Waals surface area contributed by atoms with E-state index in [4.69, 9.17) is 4.74 Å². The molecular weight excluding hydrogens is 140 g/mol. The first kappa shape index (κ1) is 8.72. The van der Waals surface area contributed by atoms with Crippen molar-refractivity contribution in [1.82, 2.24) is 0 Å². The van der Waals surface area contributed by atoms with Gasteiger partial charge in [0.25, 0.3) is 0 Å². The van der Waals surface area contributed by atoms with Crippen LogP contribution in [0.3, 0.4) is 0 Å². The van der Waals surface area contributed by atoms with Gasteiger partial charge >= 0.3 is 0 Å². The van der Waals surface area contributed by atoms with Gasteiger partial charge in [-0.1, -0.05) is 12.8 Å². The van der Waals surface area contributed by atoms with Crippen molar-refractivity contribution in [3.05, 3.63) is 0 Å². The lowest BCUT2D eigenvalue weighted by atomic mass is 9.95. The molecule has 11 heavy (non-hydrogen) atoms. The molecule has 1 heterocycles. The maximum atomic E-state index is 11.1. The minimum absolute atomic E-state index is 0.166. The SMILES string of the molecule is CC(=O)[C@@]1(C)CCCCCO1. The summed E-state index contributed by atoms with van der Waals surface area (Å²) in [6.45, 7) is 4.27. The molecule has 1 fully saturated rings. The van der Waals surface area contributed by atoms with Gasteiger partial charge < -0.3 is 4.74 Å². The molecule has 0 bridgehead atoms. The number of hydrogen-bond donors (Lipinski definition) is 0. The van der Waals surface area contributed by atoms with Gasteiger partial charge in [-0.25, -0.2) is 0 Å². The van der Waals surface area contributed by atoms with Crippen LogP contribution in [0.5, 0.6) is 0 Å². The first-order chi connectivity index (χ1) is 5.15. The van der Waals surface area contributed by atoms with E-state index in [1.807, 2.05) is 6.92 Å². The second-order valence-corrected chi connectivity index (χ2v) is 3.45. The Bertz CT molecular complexity index is 144. The summed E-state index contributed by atoms with van der Waals surface area (Å²) in [6, 6.07) is 0. The third-order valence-electron chi connectivity index (χ3n) is 2.46. The highest BCUT2D eigenvalue weighted by atomic mass is 16.5. The van der Waals surface area contributed by atoms with Crippen molar-refractivity contribution >= 4 is 5.78 Å². The summed E-state index contributed by atoms with van der Waals surface area (Å²) in [6.07, 6.45) is 4.31. The Hall–Kier alpha value is -0.370. The largest absolute Gasteiger partial charge is 0.368 e. The molecule has 0 aromatic carbocycles. The molecule has 1 rings (SSSR count). The molecule has 0 aromatic heterocycles. The summed E-state index contributed by atoms with van der Waals surface area (Å²) in [5.41, 5.74) is -0.476. The van der Waals surface area contributed by atoms with E-state index >= 15 is 0 Å². The van der Waals surface area contributed by atoms with Crippen molar-refractivity contribution in [2.45, 2.75) is 45.1 Å². The molecule has 0 unspecified atom stereocenters. The Morgan fingerprint density at radius 2 is 2.09 bits per heavy atom. The fourth-order valence-corrected chi connectivity index (χ4v) is 1.39. The zero-order valence-corrected chi connectivity index (χ0v) is 7.35. The maximum absolute atomic E-state index is 11.1. The lowest BCUT2D eigenvalue weighted by Crippen LogP contribution is -2.35. The van der Waals surface area contributed by atoms with E-state index in [1.54, 1.807) is 6.92 Å². The molecule has 2 heteroatoms. The number of carbonyl (C=O) groups is 1. The third-order valence-corrected chi connectivity index (χ3v) is 2.46. The van der Waals surface area contributed by atoms with Gasteiger partial charge in [0.2, 0.25) is 0 Å². The van der Waals surface area contributed by atoms with Crippen LogP contribution in [0, 0.1) is 0 Å². The van der Waals surface area contributed by atoms with E-state index < -0.39 is 5.60 Å². The molecule has 0 aliphatic carbocycles. The van der Waals surface area contributed by atoms with Gasteiger partial charge in [-0.05, 0) is 26.7 Å². The lowest BCUT2D eigenvalue weighted by Gasteiger charge is -2.24.